The van der Waals surface area contributed by atoms with Crippen molar-refractivity contribution in [2.24, 2.45) is 11.7 Å². The first kappa shape index (κ1) is 18.1. The van der Waals surface area contributed by atoms with Gasteiger partial charge in [-0.2, -0.15) is 0 Å². The van der Waals surface area contributed by atoms with Gasteiger partial charge in [-0.3, -0.25) is 0 Å². The molecule has 0 bridgehead atoms. The Balaban J connectivity index is 2.93. The Morgan fingerprint density at radius 3 is 1.85 bits per heavy atom. The van der Waals surface area contributed by atoms with E-state index in [0.717, 1.165) is 6.42 Å². The van der Waals surface area contributed by atoms with Crippen LogP contribution in [0.5, 0.6) is 0 Å². The molecule has 1 atom stereocenters. The summed E-state index contributed by atoms with van der Waals surface area (Å²) in [6.07, 6.45) is 7.50. The van der Waals surface area contributed by atoms with Gasteiger partial charge in [0.15, 0.2) is 0 Å². The topological polar surface area (TPSA) is 53.7 Å². The maximum atomic E-state index is 6.12. The lowest BCUT2D eigenvalue weighted by atomic mass is 9.85. The molecule has 0 heterocycles. The van der Waals surface area contributed by atoms with E-state index in [1.54, 1.807) is 0 Å². The molecule has 1 unspecified atom stereocenters. The van der Waals surface area contributed by atoms with Crippen molar-refractivity contribution >= 4 is 8.80 Å². The monoisotopic (exact) mass is 303 g/mol. The third-order valence-corrected chi connectivity index (χ3v) is 7.93. The Morgan fingerprint density at radius 2 is 1.45 bits per heavy atom. The average Bonchev–Trinajstić information content (AvgIpc) is 2.46. The fourth-order valence-electron chi connectivity index (χ4n) is 3.47. The lowest BCUT2D eigenvalue weighted by Crippen LogP contribution is -2.53. The van der Waals surface area contributed by atoms with Gasteiger partial charge in [0.2, 0.25) is 0 Å². The van der Waals surface area contributed by atoms with Crippen LogP contribution in [0.3, 0.4) is 0 Å². The summed E-state index contributed by atoms with van der Waals surface area (Å²) in [7, 11) is -2.61. The van der Waals surface area contributed by atoms with Crippen molar-refractivity contribution in [1.29, 1.82) is 0 Å². The molecule has 0 radical (unpaired) electrons. The molecule has 2 N–H and O–H groups in total. The highest BCUT2D eigenvalue weighted by molar-refractivity contribution is 6.62. The van der Waals surface area contributed by atoms with Crippen LogP contribution >= 0.6 is 0 Å². The maximum Gasteiger partial charge on any atom is 0.504 e. The first-order valence-electron chi connectivity index (χ1n) is 8.35. The molecule has 0 spiro atoms. The van der Waals surface area contributed by atoms with E-state index in [-0.39, 0.29) is 0 Å². The fourth-order valence-corrected chi connectivity index (χ4v) is 7.00. The normalized spacial score (nSPS) is 19.2. The van der Waals surface area contributed by atoms with Gasteiger partial charge in [0.05, 0.1) is 0 Å². The second-order valence-corrected chi connectivity index (χ2v) is 8.30. The van der Waals surface area contributed by atoms with Gasteiger partial charge in [0, 0.05) is 25.4 Å². The van der Waals surface area contributed by atoms with Gasteiger partial charge >= 0.3 is 8.80 Å². The fraction of sp³-hybridized carbons (Fsp3) is 1.00. The number of hydrogen-bond acceptors (Lipinski definition) is 4. The SMILES string of the molecule is CCO[Si](OCC)(OCC)C(CCN)C1CCCCC1. The summed E-state index contributed by atoms with van der Waals surface area (Å²) in [6, 6.07) is 0. The van der Waals surface area contributed by atoms with Crippen LogP contribution in [-0.4, -0.2) is 35.2 Å². The van der Waals surface area contributed by atoms with Gasteiger partial charge in [0.1, 0.15) is 0 Å². The lowest BCUT2D eigenvalue weighted by molar-refractivity contribution is 0.0492. The summed E-state index contributed by atoms with van der Waals surface area (Å²) in [4.78, 5) is 0. The minimum Gasteiger partial charge on any atom is -0.374 e. The van der Waals surface area contributed by atoms with Gasteiger partial charge in [-0.05, 0) is 39.7 Å². The zero-order valence-electron chi connectivity index (χ0n) is 13.5. The van der Waals surface area contributed by atoms with E-state index in [1.807, 2.05) is 20.8 Å². The molecule has 1 rings (SSSR count). The molecule has 5 heteroatoms. The van der Waals surface area contributed by atoms with Crippen LogP contribution in [-0.2, 0) is 13.3 Å². The number of rotatable bonds is 10. The molecular formula is C15H33NO3Si. The highest BCUT2D eigenvalue weighted by atomic mass is 28.4. The van der Waals surface area contributed by atoms with Crippen molar-refractivity contribution in [2.75, 3.05) is 26.4 Å². The Bertz CT molecular complexity index is 230. The summed E-state index contributed by atoms with van der Waals surface area (Å²) >= 11 is 0. The van der Waals surface area contributed by atoms with Crippen LogP contribution in [0.2, 0.25) is 5.54 Å². The van der Waals surface area contributed by atoms with Gasteiger partial charge in [-0.1, -0.05) is 32.1 Å². The minimum atomic E-state index is -2.61. The largest absolute Gasteiger partial charge is 0.504 e. The molecule has 1 aliphatic rings. The van der Waals surface area contributed by atoms with Gasteiger partial charge in [0.25, 0.3) is 0 Å². The molecule has 0 aliphatic heterocycles. The predicted octanol–water partition coefficient (Wildman–Crippen LogP) is 3.33. The molecule has 0 aromatic rings. The molecule has 0 aromatic carbocycles. The minimum absolute atomic E-state index is 0.368. The smallest absolute Gasteiger partial charge is 0.374 e. The van der Waals surface area contributed by atoms with Crippen molar-refractivity contribution in [1.82, 2.24) is 0 Å². The standard InChI is InChI=1S/C15H33NO3Si/c1-4-17-20(18-5-2,19-6-3)15(12-13-16)14-10-8-7-9-11-14/h14-15H,4-13,16H2,1-3H3. The highest BCUT2D eigenvalue weighted by Gasteiger charge is 2.51. The summed E-state index contributed by atoms with van der Waals surface area (Å²) in [6.45, 7) is 8.73. The van der Waals surface area contributed by atoms with Crippen LogP contribution in [0.25, 0.3) is 0 Å². The summed E-state index contributed by atoms with van der Waals surface area (Å²) in [5.74, 6) is 0.656. The molecule has 1 fully saturated rings. The molecule has 0 saturated heterocycles. The Morgan fingerprint density at radius 1 is 0.950 bits per heavy atom. The van der Waals surface area contributed by atoms with Crippen molar-refractivity contribution in [2.45, 2.75) is 64.8 Å². The van der Waals surface area contributed by atoms with E-state index in [2.05, 4.69) is 0 Å². The zero-order valence-corrected chi connectivity index (χ0v) is 14.5. The number of nitrogens with two attached hydrogens (primary N) is 1. The molecule has 1 saturated carbocycles. The Hall–Kier alpha value is 0.0569. The van der Waals surface area contributed by atoms with Crippen LogP contribution in [0.1, 0.15) is 59.3 Å². The van der Waals surface area contributed by atoms with Crippen molar-refractivity contribution in [3.63, 3.8) is 0 Å². The predicted molar refractivity (Wildman–Crippen MR) is 84.6 cm³/mol. The van der Waals surface area contributed by atoms with Crippen LogP contribution in [0.15, 0.2) is 0 Å². The van der Waals surface area contributed by atoms with Crippen LogP contribution in [0.4, 0.5) is 0 Å². The van der Waals surface area contributed by atoms with Gasteiger partial charge < -0.3 is 19.0 Å². The second-order valence-electron chi connectivity index (χ2n) is 5.48. The molecule has 120 valence electrons. The van der Waals surface area contributed by atoms with E-state index >= 15 is 0 Å². The average molecular weight is 304 g/mol. The summed E-state index contributed by atoms with van der Waals surface area (Å²) in [5.41, 5.74) is 6.24. The zero-order chi connectivity index (χ0) is 14.8. The van der Waals surface area contributed by atoms with Crippen molar-refractivity contribution in [3.8, 4) is 0 Å². The molecule has 4 nitrogen and oxygen atoms in total. The van der Waals surface area contributed by atoms with Crippen molar-refractivity contribution in [3.05, 3.63) is 0 Å². The molecule has 1 aliphatic carbocycles. The van der Waals surface area contributed by atoms with Crippen LogP contribution in [0, 0.1) is 5.92 Å². The quantitative estimate of drug-likeness (QED) is 0.629. The molecule has 20 heavy (non-hydrogen) atoms. The maximum absolute atomic E-state index is 6.12. The Kier molecular flexibility index (Phi) is 8.96. The van der Waals surface area contributed by atoms with E-state index in [9.17, 15) is 0 Å². The molecule has 0 amide bonds. The summed E-state index contributed by atoms with van der Waals surface area (Å²) < 4.78 is 18.4. The van der Waals surface area contributed by atoms with E-state index in [1.165, 1.54) is 32.1 Å². The van der Waals surface area contributed by atoms with Gasteiger partial charge in [-0.15, -0.1) is 0 Å². The highest BCUT2D eigenvalue weighted by Crippen LogP contribution is 2.42. The lowest BCUT2D eigenvalue weighted by Gasteiger charge is -2.40. The second kappa shape index (κ2) is 9.90. The van der Waals surface area contributed by atoms with E-state index < -0.39 is 8.80 Å². The third kappa shape index (κ3) is 4.81. The first-order chi connectivity index (χ1) is 9.74. The van der Waals surface area contributed by atoms with E-state index in [4.69, 9.17) is 19.0 Å². The molecule has 0 aromatic heterocycles. The van der Waals surface area contributed by atoms with Crippen molar-refractivity contribution < 1.29 is 13.3 Å². The van der Waals surface area contributed by atoms with E-state index in [0.29, 0.717) is 37.8 Å². The Labute approximate surface area is 125 Å². The third-order valence-electron chi connectivity index (χ3n) is 4.19. The first-order valence-corrected chi connectivity index (χ1v) is 10.2. The number of hydrogen-bond donors (Lipinski definition) is 1. The van der Waals surface area contributed by atoms with Crippen LogP contribution < -0.4 is 5.73 Å². The molecular weight excluding hydrogens is 270 g/mol. The summed E-state index contributed by atoms with van der Waals surface area (Å²) in [5, 5.41) is 0. The van der Waals surface area contributed by atoms with Gasteiger partial charge in [-0.25, -0.2) is 0 Å².